The molecule has 1 atom stereocenters. The number of carboxylic acids is 2. The molecule has 1 amide bonds. The molecule has 1 aromatic heterocycles. The van der Waals surface area contributed by atoms with Crippen LogP contribution in [0.3, 0.4) is 0 Å². The first-order chi connectivity index (χ1) is 9.38. The second-order valence-electron chi connectivity index (χ2n) is 4.42. The van der Waals surface area contributed by atoms with Gasteiger partial charge in [0.1, 0.15) is 6.04 Å². The van der Waals surface area contributed by atoms with E-state index in [1.54, 1.807) is 4.57 Å². The first kappa shape index (κ1) is 15.6. The van der Waals surface area contributed by atoms with E-state index in [0.717, 1.165) is 5.56 Å². The second-order valence-corrected chi connectivity index (χ2v) is 4.42. The predicted molar refractivity (Wildman–Crippen MR) is 67.8 cm³/mol. The smallest absolute Gasteiger partial charge is 0.326 e. The average molecular weight is 281 g/mol. The van der Waals surface area contributed by atoms with Gasteiger partial charge in [0.05, 0.1) is 12.8 Å². The van der Waals surface area contributed by atoms with Gasteiger partial charge in [-0.1, -0.05) is 0 Å². The van der Waals surface area contributed by atoms with E-state index in [1.165, 1.54) is 0 Å². The molecule has 0 radical (unpaired) electrons. The summed E-state index contributed by atoms with van der Waals surface area (Å²) in [4.78, 5) is 32.9. The third-order valence-corrected chi connectivity index (χ3v) is 2.67. The van der Waals surface area contributed by atoms with Gasteiger partial charge in [0, 0.05) is 12.1 Å². The largest absolute Gasteiger partial charge is 0.481 e. The number of carbonyl (C=O) groups excluding carboxylic acids is 1. The third kappa shape index (κ3) is 5.47. The van der Waals surface area contributed by atoms with Crippen LogP contribution in [0.5, 0.6) is 0 Å². The molecule has 0 aromatic carbocycles. The molecule has 0 fully saturated rings. The predicted octanol–water partition coefficient (Wildman–Crippen LogP) is -0.283. The highest BCUT2D eigenvalue weighted by molar-refractivity contribution is 5.86. The summed E-state index contributed by atoms with van der Waals surface area (Å²) in [6.45, 7) is 2.34. The van der Waals surface area contributed by atoms with Crippen molar-refractivity contribution >= 4 is 17.8 Å². The maximum absolute atomic E-state index is 11.6. The number of carboxylic acid groups (broad SMARTS) is 2. The number of aliphatic carboxylic acids is 2. The van der Waals surface area contributed by atoms with Crippen molar-refractivity contribution in [2.24, 2.45) is 0 Å². The Labute approximate surface area is 115 Å². The monoisotopic (exact) mass is 281 g/mol. The van der Waals surface area contributed by atoms with E-state index in [-0.39, 0.29) is 6.42 Å². The Morgan fingerprint density at radius 1 is 1.25 bits per heavy atom. The van der Waals surface area contributed by atoms with Gasteiger partial charge in [-0.05, 0) is 12.5 Å². The van der Waals surface area contributed by atoms with Crippen LogP contribution in [0.2, 0.25) is 0 Å². The Morgan fingerprint density at radius 3 is 2.35 bits per heavy atom. The zero-order valence-corrected chi connectivity index (χ0v) is 11.1. The summed E-state index contributed by atoms with van der Waals surface area (Å²) in [7, 11) is 0. The SMILES string of the molecule is Cc1cc[n+](CCC(=O)NC(CC(=O)O)C(=O)O)cc1. The van der Waals surface area contributed by atoms with Crippen LogP contribution in [0.25, 0.3) is 0 Å². The quantitative estimate of drug-likeness (QED) is 0.596. The summed E-state index contributed by atoms with van der Waals surface area (Å²) in [6, 6.07) is 2.38. The highest BCUT2D eigenvalue weighted by Crippen LogP contribution is 1.95. The summed E-state index contributed by atoms with van der Waals surface area (Å²) >= 11 is 0. The lowest BCUT2D eigenvalue weighted by Gasteiger charge is -2.11. The zero-order chi connectivity index (χ0) is 15.1. The van der Waals surface area contributed by atoms with E-state index in [2.05, 4.69) is 5.32 Å². The van der Waals surface area contributed by atoms with Gasteiger partial charge in [-0.15, -0.1) is 0 Å². The average Bonchev–Trinajstić information content (AvgIpc) is 2.36. The molecule has 7 nitrogen and oxygen atoms in total. The van der Waals surface area contributed by atoms with Crippen LogP contribution in [-0.2, 0) is 20.9 Å². The van der Waals surface area contributed by atoms with E-state index in [0.29, 0.717) is 6.54 Å². The second kappa shape index (κ2) is 7.22. The lowest BCUT2D eigenvalue weighted by molar-refractivity contribution is -0.695. The topological polar surface area (TPSA) is 108 Å². The van der Waals surface area contributed by atoms with Gasteiger partial charge in [-0.25, -0.2) is 9.36 Å². The molecule has 1 rings (SSSR count). The highest BCUT2D eigenvalue weighted by atomic mass is 16.4. The van der Waals surface area contributed by atoms with Crippen molar-refractivity contribution in [3.05, 3.63) is 30.1 Å². The highest BCUT2D eigenvalue weighted by Gasteiger charge is 2.23. The molecule has 0 bridgehead atoms. The number of aryl methyl sites for hydroxylation is 2. The summed E-state index contributed by atoms with van der Waals surface area (Å²) in [5.74, 6) is -3.12. The first-order valence-corrected chi connectivity index (χ1v) is 6.08. The molecule has 1 aromatic rings. The lowest BCUT2D eigenvalue weighted by atomic mass is 10.2. The number of hydrogen-bond donors (Lipinski definition) is 3. The number of aromatic nitrogens is 1. The minimum Gasteiger partial charge on any atom is -0.481 e. The molecule has 108 valence electrons. The van der Waals surface area contributed by atoms with Crippen LogP contribution in [0.1, 0.15) is 18.4 Å². The molecule has 0 aliphatic carbocycles. The van der Waals surface area contributed by atoms with Crippen LogP contribution in [0, 0.1) is 6.92 Å². The molecule has 0 aliphatic heterocycles. The van der Waals surface area contributed by atoms with Gasteiger partial charge < -0.3 is 15.5 Å². The standard InChI is InChI=1S/C13H16N2O5/c1-9-2-5-15(6-3-9)7-4-11(16)14-10(13(19)20)8-12(17)18/h2-3,5-6,10H,4,7-8H2,1H3,(H2-,14,16,17,18,19,20)/p+1. The summed E-state index contributed by atoms with van der Waals surface area (Å²) in [6.07, 6.45) is 3.07. The Morgan fingerprint density at radius 2 is 1.85 bits per heavy atom. The van der Waals surface area contributed by atoms with Crippen molar-refractivity contribution in [2.45, 2.75) is 32.4 Å². The Hall–Kier alpha value is -2.44. The number of rotatable bonds is 7. The third-order valence-electron chi connectivity index (χ3n) is 2.67. The Kier molecular flexibility index (Phi) is 5.64. The molecule has 0 aliphatic rings. The molecule has 3 N–H and O–H groups in total. The fourth-order valence-electron chi connectivity index (χ4n) is 1.55. The molecule has 0 saturated carbocycles. The van der Waals surface area contributed by atoms with Crippen molar-refractivity contribution in [1.82, 2.24) is 5.32 Å². The van der Waals surface area contributed by atoms with E-state index in [4.69, 9.17) is 10.2 Å². The van der Waals surface area contributed by atoms with E-state index < -0.39 is 30.3 Å². The van der Waals surface area contributed by atoms with Crippen molar-refractivity contribution in [1.29, 1.82) is 0 Å². The van der Waals surface area contributed by atoms with Crippen LogP contribution < -0.4 is 9.88 Å². The fourth-order valence-corrected chi connectivity index (χ4v) is 1.55. The van der Waals surface area contributed by atoms with Crippen LogP contribution in [-0.4, -0.2) is 34.1 Å². The molecule has 0 spiro atoms. The van der Waals surface area contributed by atoms with Crippen molar-refractivity contribution < 1.29 is 29.2 Å². The van der Waals surface area contributed by atoms with E-state index >= 15 is 0 Å². The van der Waals surface area contributed by atoms with Gasteiger partial charge in [0.25, 0.3) is 0 Å². The Bertz CT molecular complexity index is 498. The maximum Gasteiger partial charge on any atom is 0.326 e. The van der Waals surface area contributed by atoms with E-state index in [1.807, 2.05) is 31.5 Å². The number of nitrogens with one attached hydrogen (secondary N) is 1. The van der Waals surface area contributed by atoms with Crippen LogP contribution >= 0.6 is 0 Å². The Balaban J connectivity index is 2.47. The van der Waals surface area contributed by atoms with Crippen molar-refractivity contribution in [3.8, 4) is 0 Å². The number of carbonyl (C=O) groups is 3. The van der Waals surface area contributed by atoms with Crippen LogP contribution in [0.4, 0.5) is 0 Å². The van der Waals surface area contributed by atoms with Crippen molar-refractivity contribution in [3.63, 3.8) is 0 Å². The van der Waals surface area contributed by atoms with Crippen LogP contribution in [0.15, 0.2) is 24.5 Å². The van der Waals surface area contributed by atoms with Gasteiger partial charge >= 0.3 is 11.9 Å². The van der Waals surface area contributed by atoms with Gasteiger partial charge in [0.2, 0.25) is 5.91 Å². The summed E-state index contributed by atoms with van der Waals surface area (Å²) in [5, 5.41) is 19.6. The van der Waals surface area contributed by atoms with Gasteiger partial charge in [-0.2, -0.15) is 0 Å². The first-order valence-electron chi connectivity index (χ1n) is 6.08. The minimum atomic E-state index is -1.40. The zero-order valence-electron chi connectivity index (χ0n) is 11.1. The molecular weight excluding hydrogens is 264 g/mol. The molecular formula is C13H17N2O5+. The molecule has 7 heteroatoms. The number of amides is 1. The molecule has 20 heavy (non-hydrogen) atoms. The van der Waals surface area contributed by atoms with Gasteiger partial charge in [-0.3, -0.25) is 9.59 Å². The fraction of sp³-hybridized carbons (Fsp3) is 0.385. The molecule has 1 heterocycles. The number of nitrogens with zero attached hydrogens (tertiary/aromatic N) is 1. The summed E-state index contributed by atoms with van der Waals surface area (Å²) in [5.41, 5.74) is 1.10. The van der Waals surface area contributed by atoms with Crippen molar-refractivity contribution in [2.75, 3.05) is 0 Å². The molecule has 0 saturated heterocycles. The normalized spacial score (nSPS) is 11.7. The number of pyridine rings is 1. The number of hydrogen-bond acceptors (Lipinski definition) is 3. The summed E-state index contributed by atoms with van der Waals surface area (Å²) < 4.78 is 1.79. The van der Waals surface area contributed by atoms with E-state index in [9.17, 15) is 14.4 Å². The van der Waals surface area contributed by atoms with Gasteiger partial charge in [0.15, 0.2) is 18.9 Å². The minimum absolute atomic E-state index is 0.0805. The maximum atomic E-state index is 11.6. The molecule has 1 unspecified atom stereocenters. The lowest BCUT2D eigenvalue weighted by Crippen LogP contribution is -2.44.